The second-order valence-corrected chi connectivity index (χ2v) is 3.77. The number of hydrogen-bond acceptors (Lipinski definition) is 3. The molecule has 0 heterocycles. The van der Waals surface area contributed by atoms with E-state index < -0.39 is 7.60 Å². The third kappa shape index (κ3) is 26.4. The molecule has 0 aliphatic carbocycles. The molecule has 0 aliphatic heterocycles. The number of nitrogens with zero attached hydrogens (tertiary/aromatic N) is 1. The zero-order valence-corrected chi connectivity index (χ0v) is 7.97. The summed E-state index contributed by atoms with van der Waals surface area (Å²) in [5.41, 5.74) is 0. The first-order valence-electron chi connectivity index (χ1n) is 3.35. The molecular weight excluding hydrogens is 165 g/mol. The maximum atomic E-state index is 9.93. The van der Waals surface area contributed by atoms with Crippen LogP contribution in [-0.2, 0) is 9.09 Å². The molecule has 4 nitrogen and oxygen atoms in total. The van der Waals surface area contributed by atoms with E-state index in [1.54, 1.807) is 0 Å². The fourth-order valence-electron chi connectivity index (χ4n) is 0.0757. The molecule has 0 aromatic heterocycles. The van der Waals surface area contributed by atoms with Gasteiger partial charge < -0.3 is 9.42 Å². The van der Waals surface area contributed by atoms with Gasteiger partial charge in [0.2, 0.25) is 0 Å². The average molecular weight is 179 g/mol. The Kier molecular flexibility index (Phi) is 9.03. The third-order valence-corrected chi connectivity index (χ3v) is 1.13. The van der Waals surface area contributed by atoms with E-state index in [1.807, 2.05) is 0 Å². The zero-order valence-electron chi connectivity index (χ0n) is 7.07. The summed E-state index contributed by atoms with van der Waals surface area (Å²) in [5, 5.41) is 7.60. The number of nitriles is 1. The van der Waals surface area contributed by atoms with Crippen LogP contribution in [0.25, 0.3) is 0 Å². The van der Waals surface area contributed by atoms with Crippen LogP contribution in [0.3, 0.4) is 0 Å². The Hall–Kier alpha value is -0.520. The highest BCUT2D eigenvalue weighted by Gasteiger charge is 2.07. The summed E-state index contributed by atoms with van der Waals surface area (Å²) >= 11 is 0. The minimum atomic E-state index is -3.53. The SMILES string of the molecule is CCCC.CP(=O)(O)OC#N. The number of rotatable bonds is 2. The Morgan fingerprint density at radius 3 is 1.91 bits per heavy atom. The lowest BCUT2D eigenvalue weighted by atomic mass is 10.4. The summed E-state index contributed by atoms with van der Waals surface area (Å²) in [6.07, 6.45) is 3.73. The maximum Gasteiger partial charge on any atom is 0.383 e. The molecule has 11 heavy (non-hydrogen) atoms. The Balaban J connectivity index is 0. The average Bonchev–Trinajstić information content (AvgIpc) is 1.86. The Labute approximate surface area is 67.3 Å². The fraction of sp³-hybridized carbons (Fsp3) is 0.833. The van der Waals surface area contributed by atoms with E-state index in [2.05, 4.69) is 18.4 Å². The van der Waals surface area contributed by atoms with Gasteiger partial charge in [-0.05, 0) is 0 Å². The zero-order chi connectivity index (χ0) is 9.33. The van der Waals surface area contributed by atoms with Gasteiger partial charge in [-0.25, -0.2) is 4.57 Å². The molecule has 0 rings (SSSR count). The van der Waals surface area contributed by atoms with Crippen LogP contribution in [0.2, 0.25) is 0 Å². The second-order valence-electron chi connectivity index (χ2n) is 1.99. The van der Waals surface area contributed by atoms with E-state index in [1.165, 1.54) is 12.8 Å². The van der Waals surface area contributed by atoms with Crippen molar-refractivity contribution in [3.8, 4) is 6.26 Å². The van der Waals surface area contributed by atoms with Crippen molar-refractivity contribution in [2.24, 2.45) is 0 Å². The van der Waals surface area contributed by atoms with Gasteiger partial charge in [-0.1, -0.05) is 26.7 Å². The van der Waals surface area contributed by atoms with Crippen LogP contribution in [-0.4, -0.2) is 11.6 Å². The lowest BCUT2D eigenvalue weighted by molar-refractivity contribution is 0.367. The topological polar surface area (TPSA) is 70.3 Å². The Morgan fingerprint density at radius 2 is 1.91 bits per heavy atom. The van der Waals surface area contributed by atoms with Crippen LogP contribution >= 0.6 is 7.60 Å². The second kappa shape index (κ2) is 7.59. The molecule has 0 bridgehead atoms. The molecule has 0 spiro atoms. The molecule has 0 aromatic rings. The molecule has 0 saturated carbocycles. The van der Waals surface area contributed by atoms with Gasteiger partial charge in [0.05, 0.1) is 6.66 Å². The molecule has 0 radical (unpaired) electrons. The summed E-state index contributed by atoms with van der Waals surface area (Å²) < 4.78 is 13.6. The summed E-state index contributed by atoms with van der Waals surface area (Å²) in [6, 6.07) is 0. The monoisotopic (exact) mass is 179 g/mol. The van der Waals surface area contributed by atoms with E-state index in [9.17, 15) is 4.57 Å². The van der Waals surface area contributed by atoms with Crippen LogP contribution in [0.4, 0.5) is 0 Å². The molecule has 1 N–H and O–H groups in total. The van der Waals surface area contributed by atoms with Crippen molar-refractivity contribution in [1.82, 2.24) is 0 Å². The molecule has 0 saturated heterocycles. The van der Waals surface area contributed by atoms with Gasteiger partial charge in [-0.2, -0.15) is 0 Å². The standard InChI is InChI=1S/C4H10.C2H4NO3P/c1-3-4-2;1-7(4,5)6-2-3/h3-4H2,1-2H3;1H3,(H,4,5). The molecular formula is C6H14NO3P. The molecule has 66 valence electrons. The lowest BCUT2D eigenvalue weighted by Crippen LogP contribution is -1.74. The van der Waals surface area contributed by atoms with Gasteiger partial charge >= 0.3 is 7.60 Å². The summed E-state index contributed by atoms with van der Waals surface area (Å²) in [5.74, 6) is 0. The van der Waals surface area contributed by atoms with Crippen LogP contribution in [0.15, 0.2) is 0 Å². The smallest absolute Gasteiger partial charge is 0.349 e. The Morgan fingerprint density at radius 1 is 1.55 bits per heavy atom. The largest absolute Gasteiger partial charge is 0.383 e. The maximum absolute atomic E-state index is 9.93. The van der Waals surface area contributed by atoms with Crippen molar-refractivity contribution in [2.45, 2.75) is 26.7 Å². The van der Waals surface area contributed by atoms with Gasteiger partial charge in [0.1, 0.15) is 0 Å². The van der Waals surface area contributed by atoms with E-state index in [-0.39, 0.29) is 0 Å². The van der Waals surface area contributed by atoms with Crippen molar-refractivity contribution >= 4 is 7.60 Å². The van der Waals surface area contributed by atoms with Gasteiger partial charge in [0.15, 0.2) is 0 Å². The van der Waals surface area contributed by atoms with Crippen molar-refractivity contribution in [3.63, 3.8) is 0 Å². The van der Waals surface area contributed by atoms with Gasteiger partial charge in [0.25, 0.3) is 6.26 Å². The van der Waals surface area contributed by atoms with E-state index in [0.717, 1.165) is 12.9 Å². The highest BCUT2D eigenvalue weighted by molar-refractivity contribution is 7.52. The van der Waals surface area contributed by atoms with Crippen molar-refractivity contribution in [2.75, 3.05) is 6.66 Å². The number of hydrogen-bond donors (Lipinski definition) is 1. The number of unbranched alkanes of at least 4 members (excludes halogenated alkanes) is 1. The predicted octanol–water partition coefficient (Wildman–Crippen LogP) is 2.11. The van der Waals surface area contributed by atoms with Crippen molar-refractivity contribution < 1.29 is 14.0 Å². The normalized spacial score (nSPS) is 13.4. The van der Waals surface area contributed by atoms with E-state index in [4.69, 9.17) is 10.2 Å². The fourth-order valence-corrected chi connectivity index (χ4v) is 0.227. The van der Waals surface area contributed by atoms with Gasteiger partial charge in [-0.3, -0.25) is 0 Å². The quantitative estimate of drug-likeness (QED) is 0.520. The molecule has 1 unspecified atom stereocenters. The van der Waals surface area contributed by atoms with Crippen LogP contribution in [0.1, 0.15) is 26.7 Å². The predicted molar refractivity (Wildman–Crippen MR) is 43.0 cm³/mol. The molecule has 0 aromatic carbocycles. The van der Waals surface area contributed by atoms with Gasteiger partial charge in [0, 0.05) is 0 Å². The first-order valence-corrected chi connectivity index (χ1v) is 5.38. The lowest BCUT2D eigenvalue weighted by Gasteiger charge is -1.94. The minimum absolute atomic E-state index is 0.941. The molecule has 0 fully saturated rings. The van der Waals surface area contributed by atoms with E-state index >= 15 is 0 Å². The summed E-state index contributed by atoms with van der Waals surface area (Å²) in [7, 11) is -3.53. The minimum Gasteiger partial charge on any atom is -0.349 e. The van der Waals surface area contributed by atoms with Crippen LogP contribution in [0, 0.1) is 11.5 Å². The summed E-state index contributed by atoms with van der Waals surface area (Å²) in [6.45, 7) is 5.30. The van der Waals surface area contributed by atoms with Gasteiger partial charge in [-0.15, -0.1) is 5.26 Å². The first-order chi connectivity index (χ1) is 4.97. The first kappa shape index (κ1) is 13.1. The summed E-state index contributed by atoms with van der Waals surface area (Å²) in [4.78, 5) is 8.13. The third-order valence-electron chi connectivity index (χ3n) is 0.710. The van der Waals surface area contributed by atoms with Crippen molar-refractivity contribution in [1.29, 1.82) is 5.26 Å². The molecule has 0 amide bonds. The van der Waals surface area contributed by atoms with Crippen LogP contribution < -0.4 is 0 Å². The molecule has 5 heteroatoms. The molecule has 1 atom stereocenters. The molecule has 0 aliphatic rings. The van der Waals surface area contributed by atoms with E-state index in [0.29, 0.717) is 0 Å². The van der Waals surface area contributed by atoms with Crippen LogP contribution in [0.5, 0.6) is 0 Å². The Bertz CT molecular complexity index is 156. The highest BCUT2D eigenvalue weighted by atomic mass is 31.2. The van der Waals surface area contributed by atoms with Crippen molar-refractivity contribution in [3.05, 3.63) is 0 Å². The highest BCUT2D eigenvalue weighted by Crippen LogP contribution is 2.35.